The largest absolute Gasteiger partial charge is 0.491 e. The van der Waals surface area contributed by atoms with Crippen molar-refractivity contribution >= 4 is 11.5 Å². The molecule has 6 heteroatoms. The molecule has 0 bridgehead atoms. The van der Waals surface area contributed by atoms with Crippen LogP contribution in [0.5, 0.6) is 5.75 Å². The minimum atomic E-state index is 0.152. The monoisotopic (exact) mass is 373 g/mol. The zero-order valence-corrected chi connectivity index (χ0v) is 16.2. The molecule has 3 aromatic rings. The Bertz CT molecular complexity index is 1050. The number of fused-ring (bicyclic) bond motifs is 2. The standard InChI is InChI=1S/C22H23N5O/c1-15(2)28-18-4-3-17-13-25-22(19(17)12-18)16-5-6-23-20(11-16)27-10-9-26-8-7-24-21(26)14-27/h3-8,11-12,15H,9-10,13-14H2,1-2H3. The molecule has 0 radical (unpaired) electrons. The molecule has 0 saturated heterocycles. The Hall–Kier alpha value is -3.15. The first-order valence-corrected chi connectivity index (χ1v) is 9.73. The molecule has 0 unspecified atom stereocenters. The lowest BCUT2D eigenvalue weighted by atomic mass is 10.0. The minimum absolute atomic E-state index is 0.152. The Labute approximate surface area is 164 Å². The average Bonchev–Trinajstić information content (AvgIpc) is 3.33. The molecule has 0 atom stereocenters. The number of hydrogen-bond acceptors (Lipinski definition) is 5. The van der Waals surface area contributed by atoms with Crippen molar-refractivity contribution in [1.29, 1.82) is 0 Å². The summed E-state index contributed by atoms with van der Waals surface area (Å²) < 4.78 is 8.09. The smallest absolute Gasteiger partial charge is 0.129 e. The van der Waals surface area contributed by atoms with Crippen molar-refractivity contribution in [3.8, 4) is 5.75 Å². The van der Waals surface area contributed by atoms with Crippen molar-refractivity contribution in [2.24, 2.45) is 4.99 Å². The van der Waals surface area contributed by atoms with E-state index < -0.39 is 0 Å². The van der Waals surface area contributed by atoms with Gasteiger partial charge in [0.1, 0.15) is 17.4 Å². The van der Waals surface area contributed by atoms with E-state index in [-0.39, 0.29) is 6.10 Å². The lowest BCUT2D eigenvalue weighted by Crippen LogP contribution is -2.34. The number of hydrogen-bond donors (Lipinski definition) is 0. The highest BCUT2D eigenvalue weighted by molar-refractivity contribution is 6.15. The third-order valence-corrected chi connectivity index (χ3v) is 5.20. The van der Waals surface area contributed by atoms with E-state index in [1.165, 1.54) is 5.56 Å². The fourth-order valence-electron chi connectivity index (χ4n) is 3.86. The maximum absolute atomic E-state index is 5.88. The summed E-state index contributed by atoms with van der Waals surface area (Å²) in [5.41, 5.74) is 4.51. The summed E-state index contributed by atoms with van der Waals surface area (Å²) in [5.74, 6) is 2.94. The third kappa shape index (κ3) is 3.05. The van der Waals surface area contributed by atoms with E-state index in [0.29, 0.717) is 6.54 Å². The van der Waals surface area contributed by atoms with E-state index in [4.69, 9.17) is 9.73 Å². The normalized spacial score (nSPS) is 15.4. The van der Waals surface area contributed by atoms with Crippen LogP contribution in [0.2, 0.25) is 0 Å². The van der Waals surface area contributed by atoms with E-state index >= 15 is 0 Å². The highest BCUT2D eigenvalue weighted by Gasteiger charge is 2.22. The van der Waals surface area contributed by atoms with E-state index in [1.54, 1.807) is 0 Å². The molecule has 28 heavy (non-hydrogen) atoms. The van der Waals surface area contributed by atoms with Crippen molar-refractivity contribution in [2.45, 2.75) is 39.6 Å². The first-order chi connectivity index (χ1) is 13.7. The summed E-state index contributed by atoms with van der Waals surface area (Å²) in [7, 11) is 0. The van der Waals surface area contributed by atoms with Gasteiger partial charge in [-0.25, -0.2) is 9.97 Å². The Morgan fingerprint density at radius 3 is 2.86 bits per heavy atom. The molecule has 0 saturated carbocycles. The van der Waals surface area contributed by atoms with Gasteiger partial charge in [-0.05, 0) is 43.7 Å². The van der Waals surface area contributed by atoms with E-state index in [2.05, 4.69) is 37.6 Å². The number of anilines is 1. The molecule has 6 nitrogen and oxygen atoms in total. The Kier molecular flexibility index (Phi) is 4.11. The van der Waals surface area contributed by atoms with Gasteiger partial charge in [0.25, 0.3) is 0 Å². The van der Waals surface area contributed by atoms with Crippen molar-refractivity contribution < 1.29 is 4.74 Å². The maximum atomic E-state index is 5.88. The number of ether oxygens (including phenoxy) is 1. The van der Waals surface area contributed by atoms with E-state index in [1.807, 2.05) is 44.6 Å². The number of nitrogens with zero attached hydrogens (tertiary/aromatic N) is 5. The number of aromatic nitrogens is 3. The molecule has 1 aromatic carbocycles. The molecule has 0 N–H and O–H groups in total. The highest BCUT2D eigenvalue weighted by Crippen LogP contribution is 2.29. The van der Waals surface area contributed by atoms with Gasteiger partial charge in [-0.3, -0.25) is 4.99 Å². The van der Waals surface area contributed by atoms with Crippen molar-refractivity contribution in [2.75, 3.05) is 11.4 Å². The second kappa shape index (κ2) is 6.78. The van der Waals surface area contributed by atoms with Crippen molar-refractivity contribution in [3.63, 3.8) is 0 Å². The average molecular weight is 373 g/mol. The van der Waals surface area contributed by atoms with Crippen LogP contribution in [0.4, 0.5) is 5.82 Å². The zero-order chi connectivity index (χ0) is 19.1. The van der Waals surface area contributed by atoms with Gasteiger partial charge in [0.15, 0.2) is 0 Å². The number of rotatable bonds is 4. The molecule has 4 heterocycles. The van der Waals surface area contributed by atoms with Gasteiger partial charge in [0, 0.05) is 42.8 Å². The summed E-state index contributed by atoms with van der Waals surface area (Å²) in [4.78, 5) is 16.1. The van der Waals surface area contributed by atoms with Crippen molar-refractivity contribution in [1.82, 2.24) is 14.5 Å². The molecule has 2 aliphatic heterocycles. The maximum Gasteiger partial charge on any atom is 0.129 e. The fraction of sp³-hybridized carbons (Fsp3) is 0.318. The van der Waals surface area contributed by atoms with Crippen LogP contribution in [-0.4, -0.2) is 32.9 Å². The van der Waals surface area contributed by atoms with Gasteiger partial charge >= 0.3 is 0 Å². The molecule has 0 aliphatic carbocycles. The third-order valence-electron chi connectivity index (χ3n) is 5.20. The molecule has 0 amide bonds. The number of imidazole rings is 1. The van der Waals surface area contributed by atoms with Crippen molar-refractivity contribution in [3.05, 3.63) is 71.4 Å². The lowest BCUT2D eigenvalue weighted by molar-refractivity contribution is 0.242. The van der Waals surface area contributed by atoms with Gasteiger partial charge in [-0.2, -0.15) is 0 Å². The van der Waals surface area contributed by atoms with Crippen LogP contribution in [0, 0.1) is 0 Å². The molecule has 0 fully saturated rings. The molecule has 5 rings (SSSR count). The first kappa shape index (κ1) is 17.0. The van der Waals surface area contributed by atoms with Crippen LogP contribution in [-0.2, 0) is 19.6 Å². The Balaban J connectivity index is 1.44. The summed E-state index contributed by atoms with van der Waals surface area (Å²) in [6.45, 7) is 7.43. The van der Waals surface area contributed by atoms with E-state index in [0.717, 1.165) is 53.9 Å². The summed E-state index contributed by atoms with van der Waals surface area (Å²) in [5, 5.41) is 0. The Morgan fingerprint density at radius 1 is 1.04 bits per heavy atom. The predicted octanol–water partition coefficient (Wildman–Crippen LogP) is 3.44. The number of pyridine rings is 1. The second-order valence-electron chi connectivity index (χ2n) is 7.51. The van der Waals surface area contributed by atoms with Gasteiger partial charge in [-0.15, -0.1) is 0 Å². The fourth-order valence-corrected chi connectivity index (χ4v) is 3.86. The number of aliphatic imine (C=N–C) groups is 1. The number of benzene rings is 1. The zero-order valence-electron chi connectivity index (χ0n) is 16.2. The van der Waals surface area contributed by atoms with Gasteiger partial charge in [0.05, 0.1) is 24.9 Å². The van der Waals surface area contributed by atoms with Gasteiger partial charge in [-0.1, -0.05) is 6.07 Å². The second-order valence-corrected chi connectivity index (χ2v) is 7.51. The molecule has 2 aliphatic rings. The van der Waals surface area contributed by atoms with Crippen LogP contribution < -0.4 is 9.64 Å². The lowest BCUT2D eigenvalue weighted by Gasteiger charge is -2.28. The molecule has 0 spiro atoms. The van der Waals surface area contributed by atoms with Crippen LogP contribution in [0.3, 0.4) is 0 Å². The summed E-state index contributed by atoms with van der Waals surface area (Å²) >= 11 is 0. The van der Waals surface area contributed by atoms with Gasteiger partial charge in [0.2, 0.25) is 0 Å². The summed E-state index contributed by atoms with van der Waals surface area (Å²) in [6, 6.07) is 10.4. The summed E-state index contributed by atoms with van der Waals surface area (Å²) in [6.07, 6.45) is 5.93. The van der Waals surface area contributed by atoms with Crippen LogP contribution in [0.15, 0.2) is 53.9 Å². The van der Waals surface area contributed by atoms with Crippen LogP contribution >= 0.6 is 0 Å². The quantitative estimate of drug-likeness (QED) is 0.703. The topological polar surface area (TPSA) is 55.5 Å². The molecular weight excluding hydrogens is 350 g/mol. The molecule has 2 aromatic heterocycles. The minimum Gasteiger partial charge on any atom is -0.491 e. The highest BCUT2D eigenvalue weighted by atomic mass is 16.5. The van der Waals surface area contributed by atoms with Crippen LogP contribution in [0.25, 0.3) is 0 Å². The predicted molar refractivity (Wildman–Crippen MR) is 109 cm³/mol. The SMILES string of the molecule is CC(C)Oc1ccc2c(c1)C(c1ccnc(N3CCn4ccnc4C3)c1)=NC2. The van der Waals surface area contributed by atoms with Gasteiger partial charge < -0.3 is 14.2 Å². The molecule has 142 valence electrons. The Morgan fingerprint density at radius 2 is 1.96 bits per heavy atom. The molecular formula is C22H23N5O. The van der Waals surface area contributed by atoms with Crippen LogP contribution in [0.1, 0.15) is 36.4 Å². The first-order valence-electron chi connectivity index (χ1n) is 9.73. The van der Waals surface area contributed by atoms with E-state index in [9.17, 15) is 0 Å².